The van der Waals surface area contributed by atoms with Crippen LogP contribution in [0.2, 0.25) is 5.02 Å². The van der Waals surface area contributed by atoms with Gasteiger partial charge in [-0.2, -0.15) is 5.10 Å². The molecule has 0 spiro atoms. The minimum Gasteiger partial charge on any atom is -0.507 e. The molecule has 1 amide bonds. The number of nitrogens with zero attached hydrogens (tertiary/aromatic N) is 2. The van der Waals surface area contributed by atoms with Crippen molar-refractivity contribution >= 4 is 17.5 Å². The molecule has 1 atom stereocenters. The average molecular weight is 428 g/mol. The Balaban J connectivity index is 1.88. The lowest BCUT2D eigenvalue weighted by molar-refractivity contribution is 0.0732. The molecular weight excluding hydrogens is 406 g/mol. The maximum atomic E-state index is 13.1. The monoisotopic (exact) mass is 427 g/mol. The summed E-state index contributed by atoms with van der Waals surface area (Å²) in [7, 11) is 0. The van der Waals surface area contributed by atoms with E-state index in [-0.39, 0.29) is 18.3 Å². The topological polar surface area (TPSA) is 98.7 Å². The summed E-state index contributed by atoms with van der Waals surface area (Å²) in [6.07, 6.45) is 0.447. The van der Waals surface area contributed by atoms with Crippen molar-refractivity contribution in [1.82, 2.24) is 15.1 Å². The molecule has 1 unspecified atom stereocenters. The maximum absolute atomic E-state index is 13.1. The highest BCUT2D eigenvalue weighted by Gasteiger charge is 2.42. The van der Waals surface area contributed by atoms with Crippen LogP contribution in [0.25, 0.3) is 11.3 Å². The Morgan fingerprint density at radius 2 is 2.10 bits per heavy atom. The van der Waals surface area contributed by atoms with Crippen LogP contribution in [0.4, 0.5) is 0 Å². The highest BCUT2D eigenvalue weighted by atomic mass is 35.5. The van der Waals surface area contributed by atoms with Gasteiger partial charge in [0, 0.05) is 29.3 Å². The first-order chi connectivity index (χ1) is 14.5. The van der Waals surface area contributed by atoms with Crippen LogP contribution >= 0.6 is 11.6 Å². The third kappa shape index (κ3) is 3.51. The number of aromatic amines is 1. The Kier molecular flexibility index (Phi) is 5.65. The summed E-state index contributed by atoms with van der Waals surface area (Å²) in [5, 5.41) is 27.4. The second-order valence-electron chi connectivity index (χ2n) is 7.01. The molecule has 0 radical (unpaired) electrons. The standard InChI is InChI=1S/C22H22ClN3O4/c1-2-30-15-6-3-5-13(11-15)21-18-19(16-12-14(23)7-8-17(16)28)24-25-20(18)22(29)26(21)9-4-10-27/h3,5-8,11-12,21,27-28H,2,4,9-10H2,1H3,(H,24,25). The number of rotatable bonds is 7. The minimum absolute atomic E-state index is 0.0242. The number of aliphatic hydroxyl groups is 1. The van der Waals surface area contributed by atoms with Gasteiger partial charge in [0.05, 0.1) is 12.6 Å². The second-order valence-corrected chi connectivity index (χ2v) is 7.44. The van der Waals surface area contributed by atoms with E-state index in [9.17, 15) is 15.0 Å². The number of aromatic nitrogens is 2. The summed E-state index contributed by atoms with van der Waals surface area (Å²) in [4.78, 5) is 14.9. The van der Waals surface area contributed by atoms with Gasteiger partial charge in [0.15, 0.2) is 0 Å². The zero-order valence-electron chi connectivity index (χ0n) is 16.4. The number of carbonyl (C=O) groups is 1. The zero-order valence-corrected chi connectivity index (χ0v) is 17.2. The summed E-state index contributed by atoms with van der Waals surface area (Å²) in [5.41, 5.74) is 2.81. The van der Waals surface area contributed by atoms with Gasteiger partial charge in [-0.15, -0.1) is 0 Å². The van der Waals surface area contributed by atoms with E-state index in [0.29, 0.717) is 52.9 Å². The number of halogens is 1. The van der Waals surface area contributed by atoms with Gasteiger partial charge >= 0.3 is 0 Å². The number of fused-ring (bicyclic) bond motifs is 1. The molecular formula is C22H22ClN3O4. The number of ether oxygens (including phenoxy) is 1. The average Bonchev–Trinajstić information content (AvgIpc) is 3.28. The predicted octanol–water partition coefficient (Wildman–Crippen LogP) is 3.76. The van der Waals surface area contributed by atoms with Crippen LogP contribution < -0.4 is 4.74 Å². The number of carbonyl (C=O) groups excluding carboxylic acids is 1. The molecule has 4 rings (SSSR count). The molecule has 3 aromatic rings. The van der Waals surface area contributed by atoms with Gasteiger partial charge in [0.25, 0.3) is 5.91 Å². The van der Waals surface area contributed by atoms with E-state index in [1.165, 1.54) is 6.07 Å². The van der Waals surface area contributed by atoms with Crippen molar-refractivity contribution in [3.8, 4) is 22.8 Å². The van der Waals surface area contributed by atoms with Crippen LogP contribution in [0.1, 0.15) is 41.0 Å². The van der Waals surface area contributed by atoms with Crippen LogP contribution in [-0.2, 0) is 0 Å². The first-order valence-electron chi connectivity index (χ1n) is 9.76. The summed E-state index contributed by atoms with van der Waals surface area (Å²) in [5.74, 6) is 0.524. The van der Waals surface area contributed by atoms with Crippen molar-refractivity contribution in [2.45, 2.75) is 19.4 Å². The van der Waals surface area contributed by atoms with Gasteiger partial charge in [-0.05, 0) is 49.2 Å². The first kappa shape index (κ1) is 20.3. The summed E-state index contributed by atoms with van der Waals surface area (Å²) < 4.78 is 5.64. The number of aromatic hydroxyl groups is 1. The number of benzene rings is 2. The Morgan fingerprint density at radius 3 is 2.87 bits per heavy atom. The Bertz CT molecular complexity index is 1080. The molecule has 8 heteroatoms. The summed E-state index contributed by atoms with van der Waals surface area (Å²) in [6, 6.07) is 11.9. The number of aliphatic hydroxyl groups excluding tert-OH is 1. The van der Waals surface area contributed by atoms with Crippen molar-refractivity contribution in [3.05, 3.63) is 64.3 Å². The van der Waals surface area contributed by atoms with Crippen molar-refractivity contribution in [3.63, 3.8) is 0 Å². The molecule has 7 nitrogen and oxygen atoms in total. The molecule has 156 valence electrons. The maximum Gasteiger partial charge on any atom is 0.273 e. The van der Waals surface area contributed by atoms with Crippen LogP contribution in [0.15, 0.2) is 42.5 Å². The number of phenols is 1. The molecule has 0 bridgehead atoms. The Morgan fingerprint density at radius 1 is 1.27 bits per heavy atom. The number of hydrogen-bond acceptors (Lipinski definition) is 5. The first-order valence-corrected chi connectivity index (χ1v) is 10.1. The van der Waals surface area contributed by atoms with Gasteiger partial charge in [0.2, 0.25) is 0 Å². The molecule has 0 aliphatic carbocycles. The van der Waals surface area contributed by atoms with Gasteiger partial charge in [0.1, 0.15) is 22.9 Å². The van der Waals surface area contributed by atoms with Crippen LogP contribution in [0.5, 0.6) is 11.5 Å². The number of hydrogen-bond donors (Lipinski definition) is 3. The number of H-pyrrole nitrogens is 1. The Hall–Kier alpha value is -3.03. The van der Waals surface area contributed by atoms with E-state index in [1.54, 1.807) is 17.0 Å². The van der Waals surface area contributed by atoms with Crippen LogP contribution in [-0.4, -0.2) is 51.0 Å². The molecule has 0 saturated heterocycles. The molecule has 0 fully saturated rings. The second kappa shape index (κ2) is 8.38. The normalized spacial score (nSPS) is 15.5. The third-order valence-corrected chi connectivity index (χ3v) is 5.35. The van der Waals surface area contributed by atoms with Gasteiger partial charge in [-0.25, -0.2) is 0 Å². The van der Waals surface area contributed by atoms with Crippen LogP contribution in [0.3, 0.4) is 0 Å². The van der Waals surface area contributed by atoms with E-state index in [2.05, 4.69) is 10.2 Å². The lowest BCUT2D eigenvalue weighted by Gasteiger charge is -2.26. The van der Waals surface area contributed by atoms with Gasteiger partial charge in [-0.1, -0.05) is 23.7 Å². The number of phenolic OH excluding ortho intramolecular Hbond substituents is 1. The lowest BCUT2D eigenvalue weighted by atomic mass is 9.95. The SMILES string of the molecule is CCOc1cccc(C2c3c(-c4cc(Cl)ccc4O)n[nH]c3C(=O)N2CCCO)c1. The smallest absolute Gasteiger partial charge is 0.273 e. The molecule has 1 aliphatic heterocycles. The van der Waals surface area contributed by atoms with Crippen LogP contribution in [0, 0.1) is 0 Å². The van der Waals surface area contributed by atoms with E-state index in [1.807, 2.05) is 31.2 Å². The molecule has 1 aliphatic rings. The van der Waals surface area contributed by atoms with E-state index < -0.39 is 6.04 Å². The number of nitrogens with one attached hydrogen (secondary N) is 1. The Labute approximate surface area is 178 Å². The van der Waals surface area contributed by atoms with Crippen molar-refractivity contribution in [2.24, 2.45) is 0 Å². The molecule has 0 saturated carbocycles. The van der Waals surface area contributed by atoms with Gasteiger partial charge < -0.3 is 19.8 Å². The fraction of sp³-hybridized carbons (Fsp3) is 0.273. The summed E-state index contributed by atoms with van der Waals surface area (Å²) >= 11 is 6.15. The minimum atomic E-state index is -0.438. The van der Waals surface area contributed by atoms with E-state index in [0.717, 1.165) is 5.56 Å². The highest BCUT2D eigenvalue weighted by molar-refractivity contribution is 6.31. The molecule has 2 heterocycles. The fourth-order valence-corrected chi connectivity index (χ4v) is 4.03. The molecule has 3 N–H and O–H groups in total. The zero-order chi connectivity index (χ0) is 21.3. The predicted molar refractivity (Wildman–Crippen MR) is 113 cm³/mol. The van der Waals surface area contributed by atoms with Crippen molar-refractivity contribution < 1.29 is 19.7 Å². The molecule has 2 aromatic carbocycles. The van der Waals surface area contributed by atoms with E-state index >= 15 is 0 Å². The van der Waals surface area contributed by atoms with E-state index in [4.69, 9.17) is 16.3 Å². The van der Waals surface area contributed by atoms with Crippen molar-refractivity contribution in [1.29, 1.82) is 0 Å². The highest BCUT2D eigenvalue weighted by Crippen LogP contribution is 2.45. The largest absolute Gasteiger partial charge is 0.507 e. The summed E-state index contributed by atoms with van der Waals surface area (Å²) in [6.45, 7) is 2.79. The molecule has 1 aromatic heterocycles. The van der Waals surface area contributed by atoms with Crippen molar-refractivity contribution in [2.75, 3.05) is 19.8 Å². The molecule has 30 heavy (non-hydrogen) atoms. The fourth-order valence-electron chi connectivity index (χ4n) is 3.86. The number of amides is 1. The lowest BCUT2D eigenvalue weighted by Crippen LogP contribution is -2.31. The van der Waals surface area contributed by atoms with Gasteiger partial charge in [-0.3, -0.25) is 9.89 Å². The third-order valence-electron chi connectivity index (χ3n) is 5.12. The quantitative estimate of drug-likeness (QED) is 0.533.